The molecule has 2 aromatic heterocycles. The van der Waals surface area contributed by atoms with Crippen molar-refractivity contribution in [1.29, 1.82) is 0 Å². The van der Waals surface area contributed by atoms with Gasteiger partial charge in [-0.15, -0.1) is 0 Å². The second-order valence-electron chi connectivity index (χ2n) is 12.6. The van der Waals surface area contributed by atoms with Crippen LogP contribution in [0.15, 0.2) is 174 Å². The standard InChI is InChI=1S/C46H31N3O/c1-30-26-37(31-12-5-2-6-13-31)28-38(27-30)32-20-22-35(23-21-32)45-47-44(34-16-9-4-10-17-34)48-46(49-45)36-24-25-40-42(29-36)50-41-19-11-18-39(43(40)41)33-14-7-3-8-15-33/h2-29H,1H3. The monoisotopic (exact) mass is 641 g/mol. The van der Waals surface area contributed by atoms with Crippen molar-refractivity contribution in [3.63, 3.8) is 0 Å². The van der Waals surface area contributed by atoms with Crippen molar-refractivity contribution in [2.45, 2.75) is 6.92 Å². The Morgan fingerprint density at radius 3 is 1.50 bits per heavy atom. The quantitative estimate of drug-likeness (QED) is 0.181. The molecular formula is C46H31N3O. The van der Waals surface area contributed by atoms with E-state index in [0.29, 0.717) is 17.5 Å². The number of aromatic nitrogens is 3. The molecule has 0 aliphatic rings. The highest BCUT2D eigenvalue weighted by Crippen LogP contribution is 2.38. The van der Waals surface area contributed by atoms with Gasteiger partial charge in [0.05, 0.1) is 0 Å². The van der Waals surface area contributed by atoms with Crippen LogP contribution in [0.2, 0.25) is 0 Å². The van der Waals surface area contributed by atoms with Gasteiger partial charge in [-0.05, 0) is 70.1 Å². The van der Waals surface area contributed by atoms with E-state index in [2.05, 4.69) is 116 Å². The van der Waals surface area contributed by atoms with Gasteiger partial charge in [-0.2, -0.15) is 0 Å². The van der Waals surface area contributed by atoms with Crippen molar-refractivity contribution in [2.75, 3.05) is 0 Å². The van der Waals surface area contributed by atoms with E-state index in [9.17, 15) is 0 Å². The molecule has 0 saturated carbocycles. The molecule has 0 N–H and O–H groups in total. The van der Waals surface area contributed by atoms with Crippen LogP contribution in [0.5, 0.6) is 0 Å². The summed E-state index contributed by atoms with van der Waals surface area (Å²) in [7, 11) is 0. The highest BCUT2D eigenvalue weighted by molar-refractivity contribution is 6.13. The van der Waals surface area contributed by atoms with Crippen LogP contribution in [0, 0.1) is 6.92 Å². The predicted molar refractivity (Wildman–Crippen MR) is 204 cm³/mol. The zero-order chi connectivity index (χ0) is 33.4. The van der Waals surface area contributed by atoms with E-state index in [0.717, 1.165) is 55.3 Å². The normalized spacial score (nSPS) is 11.3. The number of hydrogen-bond acceptors (Lipinski definition) is 4. The van der Waals surface area contributed by atoms with Crippen LogP contribution in [-0.2, 0) is 0 Å². The minimum absolute atomic E-state index is 0.592. The van der Waals surface area contributed by atoms with Gasteiger partial charge in [0.15, 0.2) is 17.5 Å². The number of furan rings is 1. The first-order chi connectivity index (χ1) is 24.7. The summed E-state index contributed by atoms with van der Waals surface area (Å²) in [5.41, 5.74) is 12.6. The molecule has 0 amide bonds. The molecule has 4 nitrogen and oxygen atoms in total. The van der Waals surface area contributed by atoms with E-state index in [4.69, 9.17) is 19.4 Å². The molecule has 0 aliphatic carbocycles. The van der Waals surface area contributed by atoms with Crippen LogP contribution in [-0.4, -0.2) is 15.0 Å². The lowest BCUT2D eigenvalue weighted by atomic mass is 9.96. The average Bonchev–Trinajstić information content (AvgIpc) is 3.57. The van der Waals surface area contributed by atoms with E-state index in [1.807, 2.05) is 60.7 Å². The lowest BCUT2D eigenvalue weighted by Crippen LogP contribution is -2.00. The average molecular weight is 642 g/mol. The fourth-order valence-corrected chi connectivity index (χ4v) is 6.73. The van der Waals surface area contributed by atoms with Gasteiger partial charge in [-0.3, -0.25) is 0 Å². The molecule has 0 spiro atoms. The third-order valence-electron chi connectivity index (χ3n) is 9.17. The zero-order valence-corrected chi connectivity index (χ0v) is 27.4. The minimum atomic E-state index is 0.592. The summed E-state index contributed by atoms with van der Waals surface area (Å²) in [6.45, 7) is 2.15. The Morgan fingerprint density at radius 2 is 0.860 bits per heavy atom. The zero-order valence-electron chi connectivity index (χ0n) is 27.4. The van der Waals surface area contributed by atoms with Gasteiger partial charge >= 0.3 is 0 Å². The summed E-state index contributed by atoms with van der Waals surface area (Å²) in [4.78, 5) is 15.0. The SMILES string of the molecule is Cc1cc(-c2ccccc2)cc(-c2ccc(-c3nc(-c4ccccc4)nc(-c4ccc5c(c4)oc4cccc(-c6ccccc6)c45)n3)cc2)c1. The van der Waals surface area contributed by atoms with Gasteiger partial charge in [0.25, 0.3) is 0 Å². The molecule has 4 heteroatoms. The molecule has 2 heterocycles. The summed E-state index contributed by atoms with van der Waals surface area (Å²) in [5.74, 6) is 1.83. The predicted octanol–water partition coefficient (Wildman–Crippen LogP) is 12.1. The Balaban J connectivity index is 1.13. The van der Waals surface area contributed by atoms with Crippen molar-refractivity contribution in [2.24, 2.45) is 0 Å². The first kappa shape index (κ1) is 29.5. The number of aryl methyl sites for hydroxylation is 1. The van der Waals surface area contributed by atoms with Gasteiger partial charge < -0.3 is 4.42 Å². The fourth-order valence-electron chi connectivity index (χ4n) is 6.73. The van der Waals surface area contributed by atoms with Gasteiger partial charge in [0.1, 0.15) is 11.2 Å². The molecule has 50 heavy (non-hydrogen) atoms. The van der Waals surface area contributed by atoms with E-state index >= 15 is 0 Å². The summed E-state index contributed by atoms with van der Waals surface area (Å²) in [5, 5.41) is 2.16. The van der Waals surface area contributed by atoms with Gasteiger partial charge in [0.2, 0.25) is 0 Å². The fraction of sp³-hybridized carbons (Fsp3) is 0.0217. The molecule has 9 aromatic rings. The van der Waals surface area contributed by atoms with E-state index in [1.165, 1.54) is 22.3 Å². The molecule has 0 atom stereocenters. The first-order valence-electron chi connectivity index (χ1n) is 16.8. The van der Waals surface area contributed by atoms with Crippen molar-refractivity contribution in [3.8, 4) is 67.5 Å². The third kappa shape index (κ3) is 5.53. The van der Waals surface area contributed by atoms with Gasteiger partial charge in [-0.25, -0.2) is 15.0 Å². The smallest absolute Gasteiger partial charge is 0.164 e. The van der Waals surface area contributed by atoms with Crippen molar-refractivity contribution in [1.82, 2.24) is 15.0 Å². The molecule has 0 radical (unpaired) electrons. The third-order valence-corrected chi connectivity index (χ3v) is 9.17. The van der Waals surface area contributed by atoms with E-state index < -0.39 is 0 Å². The maximum absolute atomic E-state index is 6.44. The molecule has 0 aliphatic heterocycles. The summed E-state index contributed by atoms with van der Waals surface area (Å²) in [6.07, 6.45) is 0. The molecular weight excluding hydrogens is 611 g/mol. The lowest BCUT2D eigenvalue weighted by Gasteiger charge is -2.11. The molecule has 0 unspecified atom stereocenters. The maximum atomic E-state index is 6.44. The molecule has 9 rings (SSSR count). The topological polar surface area (TPSA) is 51.8 Å². The first-order valence-corrected chi connectivity index (χ1v) is 16.8. The summed E-state index contributed by atoms with van der Waals surface area (Å²) in [6, 6.07) is 58.7. The molecule has 0 saturated heterocycles. The van der Waals surface area contributed by atoms with Crippen LogP contribution < -0.4 is 0 Å². The Hall–Kier alpha value is -6.65. The molecule has 0 fully saturated rings. The van der Waals surface area contributed by atoms with Crippen molar-refractivity contribution < 1.29 is 4.42 Å². The molecule has 7 aromatic carbocycles. The summed E-state index contributed by atoms with van der Waals surface area (Å²) >= 11 is 0. The highest BCUT2D eigenvalue weighted by Gasteiger charge is 2.17. The number of benzene rings is 7. The maximum Gasteiger partial charge on any atom is 0.164 e. The van der Waals surface area contributed by atoms with Crippen LogP contribution in [0.25, 0.3) is 89.5 Å². The van der Waals surface area contributed by atoms with E-state index in [-0.39, 0.29) is 0 Å². The van der Waals surface area contributed by atoms with Crippen LogP contribution in [0.3, 0.4) is 0 Å². The van der Waals surface area contributed by atoms with E-state index in [1.54, 1.807) is 0 Å². The Morgan fingerprint density at radius 1 is 0.360 bits per heavy atom. The van der Waals surface area contributed by atoms with Crippen molar-refractivity contribution >= 4 is 21.9 Å². The summed E-state index contributed by atoms with van der Waals surface area (Å²) < 4.78 is 6.44. The second-order valence-corrected chi connectivity index (χ2v) is 12.6. The second kappa shape index (κ2) is 12.4. The number of rotatable bonds is 6. The van der Waals surface area contributed by atoms with Gasteiger partial charge in [-0.1, -0.05) is 146 Å². The molecule has 236 valence electrons. The minimum Gasteiger partial charge on any atom is -0.456 e. The Labute approximate surface area is 290 Å². The Bertz CT molecular complexity index is 2630. The lowest BCUT2D eigenvalue weighted by molar-refractivity contribution is 0.669. The molecule has 0 bridgehead atoms. The number of hydrogen-bond donors (Lipinski definition) is 0. The highest BCUT2D eigenvalue weighted by atomic mass is 16.3. The van der Waals surface area contributed by atoms with Crippen molar-refractivity contribution in [3.05, 3.63) is 175 Å². The number of nitrogens with zero attached hydrogens (tertiary/aromatic N) is 3. The van der Waals surface area contributed by atoms with Crippen LogP contribution in [0.1, 0.15) is 5.56 Å². The van der Waals surface area contributed by atoms with Gasteiger partial charge in [0, 0.05) is 27.5 Å². The largest absolute Gasteiger partial charge is 0.456 e. The van der Waals surface area contributed by atoms with Crippen LogP contribution in [0.4, 0.5) is 0 Å². The number of fused-ring (bicyclic) bond motifs is 3. The van der Waals surface area contributed by atoms with Crippen LogP contribution >= 0.6 is 0 Å². The Kier molecular flexibility index (Phi) is 7.33.